The van der Waals surface area contributed by atoms with E-state index in [0.29, 0.717) is 0 Å². The normalized spacial score (nSPS) is 25.7. The fourth-order valence-electron chi connectivity index (χ4n) is 2.52. The van der Waals surface area contributed by atoms with Crippen LogP contribution in [0.5, 0.6) is 0 Å². The summed E-state index contributed by atoms with van der Waals surface area (Å²) in [4.78, 5) is 0. The molecule has 0 unspecified atom stereocenters. The molecule has 1 rings (SSSR count). The van der Waals surface area contributed by atoms with Gasteiger partial charge in [0.05, 0.1) is 6.10 Å². The molecule has 0 amide bonds. The van der Waals surface area contributed by atoms with Gasteiger partial charge in [0.25, 0.3) is 0 Å². The van der Waals surface area contributed by atoms with Crippen molar-refractivity contribution in [2.24, 2.45) is 0 Å². The third kappa shape index (κ3) is 6.48. The van der Waals surface area contributed by atoms with Crippen molar-refractivity contribution in [3.8, 4) is 0 Å². The summed E-state index contributed by atoms with van der Waals surface area (Å²) in [7, 11) is -0.375. The van der Waals surface area contributed by atoms with Gasteiger partial charge < -0.3 is 23.1 Å². The maximum Gasteiger partial charge on any atom is 0.241 e. The Bertz CT molecular complexity index is 451. The molecule has 1 aliphatic carbocycles. The Morgan fingerprint density at radius 1 is 1.08 bits per heavy atom. The maximum atomic E-state index is 6.73. The molecule has 5 nitrogen and oxygen atoms in total. The Morgan fingerprint density at radius 3 is 2.12 bits per heavy atom. The Labute approximate surface area is 156 Å². The van der Waals surface area contributed by atoms with Crippen LogP contribution >= 0.6 is 0 Å². The summed E-state index contributed by atoms with van der Waals surface area (Å²) in [5, 5.41) is 0.109. The predicted octanol–water partition coefficient (Wildman–Crippen LogP) is 4.52. The van der Waals surface area contributed by atoms with Gasteiger partial charge in [0.15, 0.2) is 8.32 Å². The van der Waals surface area contributed by atoms with E-state index in [-0.39, 0.29) is 30.1 Å². The molecular weight excluding hydrogens is 352 g/mol. The van der Waals surface area contributed by atoms with Gasteiger partial charge in [0, 0.05) is 14.2 Å². The average Bonchev–Trinajstić information content (AvgIpc) is 2.43. The molecular formula is C18H38O5Si2. The molecule has 3 atom stereocenters. The van der Waals surface area contributed by atoms with Gasteiger partial charge in [-0.05, 0) is 50.3 Å². The van der Waals surface area contributed by atoms with Crippen molar-refractivity contribution in [1.29, 1.82) is 0 Å². The van der Waals surface area contributed by atoms with E-state index in [9.17, 15) is 0 Å². The first-order valence-corrected chi connectivity index (χ1v) is 15.3. The maximum absolute atomic E-state index is 6.73. The van der Waals surface area contributed by atoms with Crippen molar-refractivity contribution >= 4 is 16.6 Å². The zero-order valence-electron chi connectivity index (χ0n) is 17.8. The molecule has 0 N–H and O–H groups in total. The third-order valence-electron chi connectivity index (χ3n) is 4.81. The number of hydrogen-bond acceptors (Lipinski definition) is 5. The Balaban J connectivity index is 3.12. The van der Waals surface area contributed by atoms with Gasteiger partial charge in [-0.25, -0.2) is 0 Å². The monoisotopic (exact) mass is 390 g/mol. The summed E-state index contributed by atoms with van der Waals surface area (Å²) in [5.41, 5.74) is 0. The topological polar surface area (TPSA) is 46.2 Å². The first-order valence-electron chi connectivity index (χ1n) is 9.02. The van der Waals surface area contributed by atoms with Crippen LogP contribution in [-0.4, -0.2) is 56.0 Å². The minimum Gasteiger partial charge on any atom is -0.546 e. The van der Waals surface area contributed by atoms with Gasteiger partial charge in [-0.1, -0.05) is 20.8 Å². The zero-order chi connectivity index (χ0) is 19.5. The van der Waals surface area contributed by atoms with E-state index in [1.807, 2.05) is 0 Å². The Morgan fingerprint density at radius 2 is 1.68 bits per heavy atom. The quantitative estimate of drug-likeness (QED) is 0.450. The SMILES string of the molecule is COCO[C@H]1CC=C(O[Si](C)(C)C)[C@@H](OC)[C@@H]1O[Si](C)(C)C(C)(C)C. The lowest BCUT2D eigenvalue weighted by Gasteiger charge is -2.45. The highest BCUT2D eigenvalue weighted by molar-refractivity contribution is 6.74. The zero-order valence-corrected chi connectivity index (χ0v) is 19.8. The van der Waals surface area contributed by atoms with E-state index in [2.05, 4.69) is 59.6 Å². The molecule has 0 aromatic heterocycles. The van der Waals surface area contributed by atoms with Crippen LogP contribution in [0.2, 0.25) is 37.8 Å². The molecule has 0 heterocycles. The van der Waals surface area contributed by atoms with Crippen LogP contribution in [0.4, 0.5) is 0 Å². The van der Waals surface area contributed by atoms with Crippen molar-refractivity contribution in [2.75, 3.05) is 21.0 Å². The standard InChI is InChI=1S/C18H38O5Si2/c1-18(2,3)25(9,10)23-17-14(21-13-19-4)11-12-15(16(17)20-5)22-24(6,7)8/h12,14,16-17H,11,13H2,1-10H3/t14-,16+,17+/m0/s1. The molecule has 1 aliphatic rings. The van der Waals surface area contributed by atoms with E-state index < -0.39 is 16.6 Å². The molecule has 0 spiro atoms. The molecule has 0 saturated carbocycles. The lowest BCUT2D eigenvalue weighted by Crippen LogP contribution is -2.54. The lowest BCUT2D eigenvalue weighted by molar-refractivity contribution is -0.140. The third-order valence-corrected chi connectivity index (χ3v) is 10.1. The molecule has 0 radical (unpaired) electrons. The fourth-order valence-corrected chi connectivity index (χ4v) is 4.73. The van der Waals surface area contributed by atoms with Crippen molar-refractivity contribution in [1.82, 2.24) is 0 Å². The summed E-state index contributed by atoms with van der Waals surface area (Å²) in [6.45, 7) is 18.0. The molecule has 148 valence electrons. The smallest absolute Gasteiger partial charge is 0.241 e. The van der Waals surface area contributed by atoms with Gasteiger partial charge in [-0.3, -0.25) is 0 Å². The van der Waals surface area contributed by atoms with Gasteiger partial charge >= 0.3 is 0 Å². The van der Waals surface area contributed by atoms with Gasteiger partial charge in [-0.15, -0.1) is 0 Å². The highest BCUT2D eigenvalue weighted by atomic mass is 28.4. The molecule has 0 saturated heterocycles. The summed E-state index contributed by atoms with van der Waals surface area (Å²) >= 11 is 0. The number of hydrogen-bond donors (Lipinski definition) is 0. The Hall–Kier alpha value is -0.186. The minimum atomic E-state index is -1.99. The van der Waals surface area contributed by atoms with E-state index in [4.69, 9.17) is 23.1 Å². The summed E-state index contributed by atoms with van der Waals surface area (Å²) in [6, 6.07) is 0. The van der Waals surface area contributed by atoms with Crippen molar-refractivity contribution in [3.63, 3.8) is 0 Å². The van der Waals surface area contributed by atoms with Crippen LogP contribution in [0, 0.1) is 0 Å². The fraction of sp³-hybridized carbons (Fsp3) is 0.889. The van der Waals surface area contributed by atoms with Gasteiger partial charge in [0.2, 0.25) is 8.32 Å². The van der Waals surface area contributed by atoms with Crippen LogP contribution in [0.3, 0.4) is 0 Å². The van der Waals surface area contributed by atoms with E-state index >= 15 is 0 Å². The van der Waals surface area contributed by atoms with Crippen LogP contribution in [0.15, 0.2) is 11.8 Å². The molecule has 25 heavy (non-hydrogen) atoms. The summed E-state index contributed by atoms with van der Waals surface area (Å²) < 4.78 is 29.9. The van der Waals surface area contributed by atoms with Crippen LogP contribution < -0.4 is 0 Å². The predicted molar refractivity (Wildman–Crippen MR) is 107 cm³/mol. The number of rotatable bonds is 8. The van der Waals surface area contributed by atoms with E-state index in [1.54, 1.807) is 14.2 Å². The summed E-state index contributed by atoms with van der Waals surface area (Å²) in [6.07, 6.45) is 2.28. The van der Waals surface area contributed by atoms with E-state index in [0.717, 1.165) is 12.2 Å². The highest BCUT2D eigenvalue weighted by Crippen LogP contribution is 2.40. The first-order chi connectivity index (χ1) is 11.3. The average molecular weight is 391 g/mol. The van der Waals surface area contributed by atoms with Crippen LogP contribution in [-0.2, 0) is 23.1 Å². The second-order valence-electron chi connectivity index (χ2n) is 9.17. The second-order valence-corrected chi connectivity index (χ2v) is 18.4. The van der Waals surface area contributed by atoms with Crippen LogP contribution in [0.1, 0.15) is 27.2 Å². The Kier molecular flexibility index (Phi) is 7.92. The highest BCUT2D eigenvalue weighted by Gasteiger charge is 2.46. The second kappa shape index (κ2) is 8.67. The van der Waals surface area contributed by atoms with Crippen LogP contribution in [0.25, 0.3) is 0 Å². The molecule has 0 aliphatic heterocycles. The molecule has 0 bridgehead atoms. The van der Waals surface area contributed by atoms with Crippen molar-refractivity contribution < 1.29 is 23.1 Å². The largest absolute Gasteiger partial charge is 0.546 e. The van der Waals surface area contributed by atoms with Crippen molar-refractivity contribution in [2.45, 2.75) is 83.3 Å². The lowest BCUT2D eigenvalue weighted by atomic mass is 9.97. The molecule has 0 aromatic carbocycles. The summed E-state index contributed by atoms with van der Waals surface area (Å²) in [5.74, 6) is 0.891. The van der Waals surface area contributed by atoms with Gasteiger partial charge in [-0.2, -0.15) is 0 Å². The number of ether oxygens (including phenoxy) is 3. The minimum absolute atomic E-state index is 0.104. The molecule has 0 aromatic rings. The molecule has 0 fully saturated rings. The molecule has 7 heteroatoms. The van der Waals surface area contributed by atoms with Crippen molar-refractivity contribution in [3.05, 3.63) is 11.8 Å². The van der Waals surface area contributed by atoms with Gasteiger partial charge in [0.1, 0.15) is 24.8 Å². The number of methoxy groups -OCH3 is 2. The first kappa shape index (κ1) is 22.9. The van der Waals surface area contributed by atoms with E-state index in [1.165, 1.54) is 0 Å².